The topological polar surface area (TPSA) is 21.7 Å². The van der Waals surface area contributed by atoms with Crippen molar-refractivity contribution >= 4 is 5.69 Å². The Labute approximate surface area is 117 Å². The standard InChI is InChI=1S/C17H15NO2/c1-2-4-15-11(3-1)5-14-6-12-7-16-17(20-10-19-16)8-13(12)9-18(14)15/h1-4,7-8,14H,5-6,9-10H2. The van der Waals surface area contributed by atoms with E-state index in [4.69, 9.17) is 9.47 Å². The van der Waals surface area contributed by atoms with Crippen LogP contribution >= 0.6 is 0 Å². The second kappa shape index (κ2) is 3.69. The SMILES string of the molecule is c1ccc2c(c1)CC1Cc3cc4c(cc3CN21)OCO4. The maximum Gasteiger partial charge on any atom is 0.231 e. The molecule has 1 atom stereocenters. The Morgan fingerprint density at radius 1 is 0.900 bits per heavy atom. The van der Waals surface area contributed by atoms with E-state index in [1.165, 1.54) is 22.4 Å². The predicted molar refractivity (Wildman–Crippen MR) is 76.4 cm³/mol. The first-order valence-corrected chi connectivity index (χ1v) is 7.14. The highest BCUT2D eigenvalue weighted by Gasteiger charge is 2.34. The molecule has 0 radical (unpaired) electrons. The fourth-order valence-electron chi connectivity index (χ4n) is 3.72. The maximum atomic E-state index is 5.50. The normalized spacial score (nSPS) is 21.4. The van der Waals surface area contributed by atoms with E-state index in [2.05, 4.69) is 41.3 Å². The average Bonchev–Trinajstić information content (AvgIpc) is 3.05. The number of nitrogens with zero attached hydrogens (tertiary/aromatic N) is 1. The van der Waals surface area contributed by atoms with Crippen molar-refractivity contribution in [2.75, 3.05) is 11.7 Å². The fourth-order valence-corrected chi connectivity index (χ4v) is 3.72. The molecule has 2 aromatic rings. The van der Waals surface area contributed by atoms with Gasteiger partial charge in [0.05, 0.1) is 0 Å². The van der Waals surface area contributed by atoms with Gasteiger partial charge in [-0.3, -0.25) is 0 Å². The van der Waals surface area contributed by atoms with Gasteiger partial charge in [-0.1, -0.05) is 18.2 Å². The van der Waals surface area contributed by atoms with E-state index in [1.807, 2.05) is 0 Å². The highest BCUT2D eigenvalue weighted by atomic mass is 16.7. The van der Waals surface area contributed by atoms with Gasteiger partial charge in [0.2, 0.25) is 6.79 Å². The molecule has 5 rings (SSSR count). The van der Waals surface area contributed by atoms with Crippen molar-refractivity contribution in [3.63, 3.8) is 0 Å². The van der Waals surface area contributed by atoms with Gasteiger partial charge in [-0.15, -0.1) is 0 Å². The van der Waals surface area contributed by atoms with E-state index < -0.39 is 0 Å². The van der Waals surface area contributed by atoms with Crippen LogP contribution in [-0.4, -0.2) is 12.8 Å². The molecule has 3 aliphatic heterocycles. The molecule has 0 N–H and O–H groups in total. The Hall–Kier alpha value is -2.16. The molecule has 0 saturated carbocycles. The number of hydrogen-bond acceptors (Lipinski definition) is 3. The van der Waals surface area contributed by atoms with Crippen LogP contribution in [0, 0.1) is 0 Å². The molecular weight excluding hydrogens is 250 g/mol. The minimum Gasteiger partial charge on any atom is -0.454 e. The van der Waals surface area contributed by atoms with Gasteiger partial charge < -0.3 is 14.4 Å². The lowest BCUT2D eigenvalue weighted by molar-refractivity contribution is 0.174. The number of hydrogen-bond donors (Lipinski definition) is 0. The summed E-state index contributed by atoms with van der Waals surface area (Å²) in [5.74, 6) is 1.81. The molecule has 0 aliphatic carbocycles. The lowest BCUT2D eigenvalue weighted by atomic mass is 9.93. The number of para-hydroxylation sites is 1. The van der Waals surface area contributed by atoms with Gasteiger partial charge in [0.25, 0.3) is 0 Å². The van der Waals surface area contributed by atoms with Gasteiger partial charge in [-0.2, -0.15) is 0 Å². The minimum atomic E-state index is 0.355. The van der Waals surface area contributed by atoms with Crippen LogP contribution in [0.15, 0.2) is 36.4 Å². The molecule has 2 aromatic carbocycles. The average molecular weight is 265 g/mol. The van der Waals surface area contributed by atoms with Crippen LogP contribution in [0.4, 0.5) is 5.69 Å². The molecule has 3 heteroatoms. The van der Waals surface area contributed by atoms with Gasteiger partial charge in [0, 0.05) is 18.3 Å². The summed E-state index contributed by atoms with van der Waals surface area (Å²) in [7, 11) is 0. The fraction of sp³-hybridized carbons (Fsp3) is 0.294. The number of anilines is 1. The molecule has 3 aliphatic rings. The smallest absolute Gasteiger partial charge is 0.231 e. The Kier molecular flexibility index (Phi) is 1.96. The summed E-state index contributed by atoms with van der Waals surface area (Å²) >= 11 is 0. The van der Waals surface area contributed by atoms with Crippen LogP contribution in [0.2, 0.25) is 0 Å². The summed E-state index contributed by atoms with van der Waals surface area (Å²) < 4.78 is 11.0. The van der Waals surface area contributed by atoms with Crippen molar-refractivity contribution in [1.29, 1.82) is 0 Å². The first-order valence-electron chi connectivity index (χ1n) is 7.14. The summed E-state index contributed by atoms with van der Waals surface area (Å²) in [6.07, 6.45) is 2.25. The van der Waals surface area contributed by atoms with Crippen LogP contribution in [0.25, 0.3) is 0 Å². The van der Waals surface area contributed by atoms with Crippen LogP contribution in [0.5, 0.6) is 11.5 Å². The molecule has 0 amide bonds. The van der Waals surface area contributed by atoms with Crippen LogP contribution < -0.4 is 14.4 Å². The lowest BCUT2D eigenvalue weighted by Crippen LogP contribution is -2.37. The molecule has 0 bridgehead atoms. The Morgan fingerprint density at radius 2 is 1.65 bits per heavy atom. The quantitative estimate of drug-likeness (QED) is 0.731. The zero-order chi connectivity index (χ0) is 13.1. The van der Waals surface area contributed by atoms with Crippen molar-refractivity contribution in [2.24, 2.45) is 0 Å². The second-order valence-electron chi connectivity index (χ2n) is 5.79. The molecule has 1 unspecified atom stereocenters. The van der Waals surface area contributed by atoms with E-state index >= 15 is 0 Å². The van der Waals surface area contributed by atoms with Gasteiger partial charge in [0.15, 0.2) is 11.5 Å². The molecular formula is C17H15NO2. The molecule has 100 valence electrons. The van der Waals surface area contributed by atoms with E-state index in [9.17, 15) is 0 Å². The second-order valence-corrected chi connectivity index (χ2v) is 5.79. The Balaban J connectivity index is 1.59. The summed E-state index contributed by atoms with van der Waals surface area (Å²) in [6, 6.07) is 13.7. The Morgan fingerprint density at radius 3 is 2.55 bits per heavy atom. The first kappa shape index (κ1) is 10.6. The van der Waals surface area contributed by atoms with Crippen molar-refractivity contribution in [3.8, 4) is 11.5 Å². The first-order chi connectivity index (χ1) is 9.88. The highest BCUT2D eigenvalue weighted by Crippen LogP contribution is 2.42. The largest absolute Gasteiger partial charge is 0.454 e. The molecule has 3 heterocycles. The van der Waals surface area contributed by atoms with E-state index in [0.29, 0.717) is 12.8 Å². The van der Waals surface area contributed by atoms with Crippen molar-refractivity contribution in [3.05, 3.63) is 53.1 Å². The maximum absolute atomic E-state index is 5.50. The minimum absolute atomic E-state index is 0.355. The summed E-state index contributed by atoms with van der Waals surface area (Å²) in [6.45, 7) is 1.34. The van der Waals surface area contributed by atoms with Crippen molar-refractivity contribution in [1.82, 2.24) is 0 Å². The third-order valence-electron chi connectivity index (χ3n) is 4.69. The summed E-state index contributed by atoms with van der Waals surface area (Å²) in [5.41, 5.74) is 5.68. The number of rotatable bonds is 0. The highest BCUT2D eigenvalue weighted by molar-refractivity contribution is 5.62. The monoisotopic (exact) mass is 265 g/mol. The van der Waals surface area contributed by atoms with Gasteiger partial charge in [0.1, 0.15) is 0 Å². The third-order valence-corrected chi connectivity index (χ3v) is 4.69. The molecule has 0 fully saturated rings. The van der Waals surface area contributed by atoms with Gasteiger partial charge in [-0.25, -0.2) is 0 Å². The summed E-state index contributed by atoms with van der Waals surface area (Å²) in [5, 5.41) is 0. The van der Waals surface area contributed by atoms with Crippen LogP contribution in [0.1, 0.15) is 16.7 Å². The van der Waals surface area contributed by atoms with E-state index in [-0.39, 0.29) is 0 Å². The van der Waals surface area contributed by atoms with Crippen LogP contribution in [-0.2, 0) is 19.4 Å². The number of ether oxygens (including phenoxy) is 2. The summed E-state index contributed by atoms with van der Waals surface area (Å²) in [4.78, 5) is 2.54. The van der Waals surface area contributed by atoms with Crippen molar-refractivity contribution < 1.29 is 9.47 Å². The van der Waals surface area contributed by atoms with Crippen molar-refractivity contribution in [2.45, 2.75) is 25.4 Å². The number of fused-ring (bicyclic) bond motifs is 5. The van der Waals surface area contributed by atoms with E-state index in [1.54, 1.807) is 0 Å². The lowest BCUT2D eigenvalue weighted by Gasteiger charge is -2.33. The molecule has 0 spiro atoms. The van der Waals surface area contributed by atoms with Gasteiger partial charge >= 0.3 is 0 Å². The molecule has 0 aromatic heterocycles. The molecule has 3 nitrogen and oxygen atoms in total. The molecule has 0 saturated heterocycles. The van der Waals surface area contributed by atoms with Gasteiger partial charge in [-0.05, 0) is 47.7 Å². The number of benzene rings is 2. The Bertz CT molecular complexity index is 710. The third kappa shape index (κ3) is 1.35. The zero-order valence-electron chi connectivity index (χ0n) is 11.1. The molecule has 20 heavy (non-hydrogen) atoms. The van der Waals surface area contributed by atoms with Crippen LogP contribution in [0.3, 0.4) is 0 Å². The zero-order valence-corrected chi connectivity index (χ0v) is 11.1. The van der Waals surface area contributed by atoms with E-state index in [0.717, 1.165) is 30.9 Å². The predicted octanol–water partition coefficient (Wildman–Crippen LogP) is 2.90.